The van der Waals surface area contributed by atoms with Crippen LogP contribution in [0.1, 0.15) is 28.9 Å². The summed E-state index contributed by atoms with van der Waals surface area (Å²) < 4.78 is 42.9. The van der Waals surface area contributed by atoms with Crippen molar-refractivity contribution in [1.82, 2.24) is 19.5 Å². The number of benzene rings is 1. The maximum Gasteiger partial charge on any atom is 0.433 e. The number of alkyl halides is 3. The molecule has 1 amide bonds. The van der Waals surface area contributed by atoms with Crippen LogP contribution in [0, 0.1) is 0 Å². The third-order valence-corrected chi connectivity index (χ3v) is 6.72. The summed E-state index contributed by atoms with van der Waals surface area (Å²) in [5.74, 6) is -0.311. The molecule has 3 aromatic rings. The van der Waals surface area contributed by atoms with Crippen molar-refractivity contribution in [2.45, 2.75) is 25.1 Å². The minimum absolute atomic E-state index is 0.0704. The van der Waals surface area contributed by atoms with Gasteiger partial charge < -0.3 is 9.80 Å². The average molecular weight is 495 g/mol. The van der Waals surface area contributed by atoms with E-state index >= 15 is 0 Å². The molecule has 10 heteroatoms. The highest BCUT2D eigenvalue weighted by Crippen LogP contribution is 2.33. The predicted octanol–water partition coefficient (Wildman–Crippen LogP) is 2.68. The Balaban J connectivity index is 1.58. The number of amides is 1. The number of hydrogen-bond acceptors (Lipinski definition) is 3. The highest BCUT2D eigenvalue weighted by atomic mass is 79.9. The Hall–Kier alpha value is -2.46. The molecule has 0 bridgehead atoms. The minimum Gasteiger partial charge on any atom is -0.330 e. The zero-order valence-corrected chi connectivity index (χ0v) is 18.1. The van der Waals surface area contributed by atoms with Crippen molar-refractivity contribution >= 4 is 27.5 Å². The SMILES string of the molecule is O=C(c1cnn2c(C(F)(F)F)cc(-c3ccc(Br)cc3)nc12)N1CC[NH+]2CCC[C@H]2C1. The largest absolute Gasteiger partial charge is 0.433 e. The topological polar surface area (TPSA) is 54.9 Å². The zero-order valence-electron chi connectivity index (χ0n) is 16.5. The molecule has 0 spiro atoms. The molecule has 1 N–H and O–H groups in total. The van der Waals surface area contributed by atoms with Gasteiger partial charge in [0.1, 0.15) is 11.6 Å². The van der Waals surface area contributed by atoms with Crippen LogP contribution in [0.25, 0.3) is 16.9 Å². The van der Waals surface area contributed by atoms with Crippen molar-refractivity contribution in [1.29, 1.82) is 0 Å². The number of carbonyl (C=O) groups is 1. The molecule has 1 aromatic carbocycles. The number of fused-ring (bicyclic) bond motifs is 2. The first-order valence-electron chi connectivity index (χ1n) is 10.2. The zero-order chi connectivity index (χ0) is 21.8. The Morgan fingerprint density at radius 1 is 1.19 bits per heavy atom. The fraction of sp³-hybridized carbons (Fsp3) is 0.381. The summed E-state index contributed by atoms with van der Waals surface area (Å²) in [6.45, 7) is 3.18. The monoisotopic (exact) mass is 494 g/mol. The van der Waals surface area contributed by atoms with Crippen molar-refractivity contribution in [2.75, 3.05) is 26.2 Å². The van der Waals surface area contributed by atoms with Crippen LogP contribution < -0.4 is 4.90 Å². The van der Waals surface area contributed by atoms with Gasteiger partial charge in [-0.1, -0.05) is 28.1 Å². The molecule has 4 heterocycles. The summed E-state index contributed by atoms with van der Waals surface area (Å²) in [5, 5.41) is 3.89. The number of piperazine rings is 1. The number of aromatic nitrogens is 3. The number of rotatable bonds is 2. The molecule has 2 aliphatic rings. The van der Waals surface area contributed by atoms with Crippen LogP contribution in [0.3, 0.4) is 0 Å². The van der Waals surface area contributed by atoms with Crippen molar-refractivity contribution in [3.8, 4) is 11.3 Å². The molecule has 0 saturated carbocycles. The van der Waals surface area contributed by atoms with Gasteiger partial charge in [-0.15, -0.1) is 0 Å². The van der Waals surface area contributed by atoms with Gasteiger partial charge in [0.15, 0.2) is 11.3 Å². The molecule has 1 unspecified atom stereocenters. The molecular weight excluding hydrogens is 475 g/mol. The fourth-order valence-corrected chi connectivity index (χ4v) is 4.87. The predicted molar refractivity (Wildman–Crippen MR) is 111 cm³/mol. The van der Waals surface area contributed by atoms with Crippen molar-refractivity contribution < 1.29 is 22.9 Å². The smallest absolute Gasteiger partial charge is 0.330 e. The van der Waals surface area contributed by atoms with Crippen LogP contribution in [0.2, 0.25) is 0 Å². The van der Waals surface area contributed by atoms with Gasteiger partial charge in [-0.25, -0.2) is 9.50 Å². The summed E-state index contributed by atoms with van der Waals surface area (Å²) in [6.07, 6.45) is -1.22. The average Bonchev–Trinajstić information content (AvgIpc) is 3.38. The van der Waals surface area contributed by atoms with Crippen molar-refractivity contribution in [2.24, 2.45) is 0 Å². The first kappa shape index (κ1) is 20.4. The van der Waals surface area contributed by atoms with E-state index in [1.54, 1.807) is 29.2 Å². The molecule has 6 nitrogen and oxygen atoms in total. The quantitative estimate of drug-likeness (QED) is 0.595. The van der Waals surface area contributed by atoms with Crippen LogP contribution in [-0.4, -0.2) is 57.6 Å². The van der Waals surface area contributed by atoms with Gasteiger partial charge in [-0.2, -0.15) is 18.3 Å². The van der Waals surface area contributed by atoms with E-state index in [9.17, 15) is 18.0 Å². The maximum atomic E-state index is 13.8. The molecule has 2 aliphatic heterocycles. The standard InChI is InChI=1S/C21H19BrF3N5O/c22-14-5-3-13(4-6-14)17-10-18(21(23,24)25)30-19(27-17)16(11-26-30)20(31)29-9-8-28-7-1-2-15(28)12-29/h3-6,10-11,15H,1-2,7-9,12H2/p+1/t15-/m0/s1. The lowest BCUT2D eigenvalue weighted by molar-refractivity contribution is -0.916. The second-order valence-electron chi connectivity index (χ2n) is 8.07. The summed E-state index contributed by atoms with van der Waals surface area (Å²) in [4.78, 5) is 20.9. The van der Waals surface area contributed by atoms with Crippen LogP contribution >= 0.6 is 15.9 Å². The molecule has 2 aromatic heterocycles. The van der Waals surface area contributed by atoms with Crippen LogP contribution in [0.15, 0.2) is 41.0 Å². The van der Waals surface area contributed by atoms with E-state index in [1.807, 2.05) is 0 Å². The molecule has 0 aliphatic carbocycles. The van der Waals surface area contributed by atoms with E-state index in [1.165, 1.54) is 11.1 Å². The molecule has 5 rings (SSSR count). The number of carbonyl (C=O) groups excluding carboxylic acids is 1. The molecule has 162 valence electrons. The van der Waals surface area contributed by atoms with Gasteiger partial charge in [0.2, 0.25) is 0 Å². The number of quaternary nitrogens is 1. The van der Waals surface area contributed by atoms with Gasteiger partial charge in [-0.3, -0.25) is 4.79 Å². The normalized spacial score (nSPS) is 21.5. The minimum atomic E-state index is -4.64. The van der Waals surface area contributed by atoms with Crippen molar-refractivity contribution in [3.05, 3.63) is 52.3 Å². The van der Waals surface area contributed by atoms with E-state index in [2.05, 4.69) is 26.0 Å². The van der Waals surface area contributed by atoms with E-state index in [0.717, 1.165) is 41.0 Å². The van der Waals surface area contributed by atoms with E-state index in [4.69, 9.17) is 0 Å². The van der Waals surface area contributed by atoms with E-state index < -0.39 is 11.9 Å². The molecular formula is C21H20BrF3N5O+. The molecule has 31 heavy (non-hydrogen) atoms. The molecule has 2 atom stereocenters. The number of nitrogens with zero attached hydrogens (tertiary/aromatic N) is 4. The third kappa shape index (κ3) is 3.71. The van der Waals surface area contributed by atoms with E-state index in [-0.39, 0.29) is 22.8 Å². The van der Waals surface area contributed by atoms with Gasteiger partial charge in [0.25, 0.3) is 5.91 Å². The van der Waals surface area contributed by atoms with Crippen LogP contribution in [-0.2, 0) is 6.18 Å². The second-order valence-corrected chi connectivity index (χ2v) is 8.99. The van der Waals surface area contributed by atoms with Gasteiger partial charge >= 0.3 is 6.18 Å². The highest BCUT2D eigenvalue weighted by Gasteiger charge is 2.39. The summed E-state index contributed by atoms with van der Waals surface area (Å²) in [6, 6.07) is 8.21. The lowest BCUT2D eigenvalue weighted by Gasteiger charge is -2.34. The van der Waals surface area contributed by atoms with Gasteiger partial charge in [-0.05, 0) is 18.2 Å². The second kappa shape index (κ2) is 7.59. The third-order valence-electron chi connectivity index (χ3n) is 6.19. The summed E-state index contributed by atoms with van der Waals surface area (Å²) in [5.41, 5.74) is -0.254. The Kier molecular flexibility index (Phi) is 5.01. The number of halogens is 4. The Morgan fingerprint density at radius 2 is 1.97 bits per heavy atom. The Morgan fingerprint density at radius 3 is 2.71 bits per heavy atom. The fourth-order valence-electron chi connectivity index (χ4n) is 4.61. The van der Waals surface area contributed by atoms with Crippen molar-refractivity contribution in [3.63, 3.8) is 0 Å². The Labute approximate surface area is 184 Å². The lowest BCUT2D eigenvalue weighted by atomic mass is 10.1. The lowest BCUT2D eigenvalue weighted by Crippen LogP contribution is -3.16. The summed E-state index contributed by atoms with van der Waals surface area (Å²) >= 11 is 3.33. The highest BCUT2D eigenvalue weighted by molar-refractivity contribution is 9.10. The first-order chi connectivity index (χ1) is 14.8. The first-order valence-corrected chi connectivity index (χ1v) is 11.0. The Bertz CT molecular complexity index is 1140. The van der Waals surface area contributed by atoms with Crippen LogP contribution in [0.4, 0.5) is 13.2 Å². The molecule has 2 saturated heterocycles. The number of nitrogens with one attached hydrogen (secondary N) is 1. The molecule has 0 radical (unpaired) electrons. The van der Waals surface area contributed by atoms with Crippen LogP contribution in [0.5, 0.6) is 0 Å². The van der Waals surface area contributed by atoms with Gasteiger partial charge in [0, 0.05) is 22.9 Å². The number of hydrogen-bond donors (Lipinski definition) is 1. The van der Waals surface area contributed by atoms with Gasteiger partial charge in [0.05, 0.1) is 38.1 Å². The maximum absolute atomic E-state index is 13.8. The summed E-state index contributed by atoms with van der Waals surface area (Å²) in [7, 11) is 0. The molecule has 2 fully saturated rings. The van der Waals surface area contributed by atoms with E-state index in [0.29, 0.717) is 24.7 Å².